The Kier molecular flexibility index (Phi) is 4.66. The van der Waals surface area contributed by atoms with Crippen LogP contribution in [0.4, 0.5) is 0 Å². The number of aromatic nitrogens is 1. The van der Waals surface area contributed by atoms with Crippen molar-refractivity contribution in [2.75, 3.05) is 0 Å². The highest BCUT2D eigenvalue weighted by Gasteiger charge is 2.18. The molecule has 0 unspecified atom stereocenters. The number of nitrogens with one attached hydrogen (secondary N) is 1. The second kappa shape index (κ2) is 6.07. The quantitative estimate of drug-likeness (QED) is 0.793. The van der Waals surface area contributed by atoms with Crippen molar-refractivity contribution in [3.05, 3.63) is 40.9 Å². The lowest BCUT2D eigenvalue weighted by molar-refractivity contribution is 0.623. The van der Waals surface area contributed by atoms with E-state index >= 15 is 0 Å². The molecular weight excluding hydrogens is 347 g/mol. The van der Waals surface area contributed by atoms with Crippen LogP contribution >= 0.6 is 24.0 Å². The fourth-order valence-corrected chi connectivity index (χ4v) is 3.09. The fraction of sp³-hybridized carbons (Fsp3) is 0.438. The van der Waals surface area contributed by atoms with Crippen molar-refractivity contribution in [1.29, 1.82) is 5.41 Å². The van der Waals surface area contributed by atoms with Gasteiger partial charge in [0.25, 0.3) is 0 Å². The van der Waals surface area contributed by atoms with Crippen LogP contribution in [0.2, 0.25) is 0 Å². The van der Waals surface area contributed by atoms with Gasteiger partial charge in [-0.2, -0.15) is 0 Å². The highest BCUT2D eigenvalue weighted by Crippen LogP contribution is 2.24. The Bertz CT molecular complexity index is 643. The highest BCUT2D eigenvalue weighted by atomic mass is 127. The topological polar surface area (TPSA) is 28.8 Å². The van der Waals surface area contributed by atoms with Gasteiger partial charge in [0.1, 0.15) is 0 Å². The van der Waals surface area contributed by atoms with Gasteiger partial charge in [0.05, 0.1) is 10.9 Å². The lowest BCUT2D eigenvalue weighted by Crippen LogP contribution is -2.17. The number of nitrogens with zero attached hydrogens (tertiary/aromatic N) is 1. The Morgan fingerprint density at radius 3 is 2.79 bits per heavy atom. The molecule has 19 heavy (non-hydrogen) atoms. The second-order valence-corrected chi connectivity index (χ2v) is 5.18. The predicted octanol–water partition coefficient (Wildman–Crippen LogP) is 4.03. The summed E-state index contributed by atoms with van der Waals surface area (Å²) in [5, 5.41) is 10.3. The van der Waals surface area contributed by atoms with E-state index in [0.29, 0.717) is 0 Å². The van der Waals surface area contributed by atoms with Gasteiger partial charge < -0.3 is 4.57 Å². The third kappa shape index (κ3) is 2.45. The molecule has 2 aromatic rings. The van der Waals surface area contributed by atoms with Gasteiger partial charge in [-0.1, -0.05) is 31.5 Å². The van der Waals surface area contributed by atoms with Crippen molar-refractivity contribution in [2.45, 2.75) is 45.6 Å². The number of pyridine rings is 1. The minimum Gasteiger partial charge on any atom is -0.344 e. The predicted molar refractivity (Wildman–Crippen MR) is 90.1 cm³/mol. The molecule has 0 bridgehead atoms. The summed E-state index contributed by atoms with van der Waals surface area (Å²) in [5.41, 5.74) is 3.97. The summed E-state index contributed by atoms with van der Waals surface area (Å²) in [5.74, 6) is 0. The molecular formula is C16H21IN2. The van der Waals surface area contributed by atoms with E-state index in [1.807, 2.05) is 6.07 Å². The van der Waals surface area contributed by atoms with Crippen LogP contribution in [0.3, 0.4) is 0 Å². The first-order valence-electron chi connectivity index (χ1n) is 7.01. The van der Waals surface area contributed by atoms with Crippen LogP contribution in [0, 0.1) is 5.41 Å². The molecule has 1 aromatic heterocycles. The van der Waals surface area contributed by atoms with Crippen molar-refractivity contribution in [3.8, 4) is 0 Å². The van der Waals surface area contributed by atoms with Crippen LogP contribution in [0.1, 0.15) is 37.4 Å². The smallest absolute Gasteiger partial charge is 0.0682 e. The van der Waals surface area contributed by atoms with Gasteiger partial charge in [0, 0.05) is 17.6 Å². The number of hydrogen-bond acceptors (Lipinski definition) is 1. The Labute approximate surface area is 131 Å². The molecule has 1 N–H and O–H groups in total. The zero-order valence-electron chi connectivity index (χ0n) is 11.4. The number of fused-ring (bicyclic) bond motifs is 2. The third-order valence-electron chi connectivity index (χ3n) is 4.02. The van der Waals surface area contributed by atoms with Crippen LogP contribution in [0.5, 0.6) is 0 Å². The lowest BCUT2D eigenvalue weighted by Gasteiger charge is -2.17. The molecule has 1 heterocycles. The molecule has 0 aliphatic heterocycles. The van der Waals surface area contributed by atoms with E-state index in [-0.39, 0.29) is 24.0 Å². The number of rotatable bonds is 3. The van der Waals surface area contributed by atoms with Crippen molar-refractivity contribution in [3.63, 3.8) is 0 Å². The molecule has 102 valence electrons. The second-order valence-electron chi connectivity index (χ2n) is 5.18. The number of halogens is 1. The van der Waals surface area contributed by atoms with E-state index in [9.17, 15) is 0 Å². The monoisotopic (exact) mass is 368 g/mol. The maximum Gasteiger partial charge on any atom is 0.0682 e. The van der Waals surface area contributed by atoms with E-state index in [0.717, 1.165) is 30.1 Å². The SMILES string of the molecule is CCCCn1c2c(c(=N)c3ccccc31)CCC2.I. The van der Waals surface area contributed by atoms with Crippen LogP contribution in [-0.2, 0) is 19.4 Å². The first-order chi connectivity index (χ1) is 8.83. The highest BCUT2D eigenvalue weighted by molar-refractivity contribution is 14.0. The molecule has 2 nitrogen and oxygen atoms in total. The zero-order valence-corrected chi connectivity index (χ0v) is 13.7. The van der Waals surface area contributed by atoms with E-state index in [4.69, 9.17) is 5.41 Å². The Balaban J connectivity index is 0.00000133. The molecule has 1 aromatic carbocycles. The fourth-order valence-electron chi connectivity index (χ4n) is 3.09. The lowest BCUT2D eigenvalue weighted by atomic mass is 10.1. The molecule has 0 atom stereocenters. The molecule has 0 radical (unpaired) electrons. The summed E-state index contributed by atoms with van der Waals surface area (Å²) in [6.45, 7) is 3.33. The van der Waals surface area contributed by atoms with Crippen LogP contribution < -0.4 is 5.36 Å². The summed E-state index contributed by atoms with van der Waals surface area (Å²) < 4.78 is 2.47. The van der Waals surface area contributed by atoms with Crippen LogP contribution in [-0.4, -0.2) is 4.57 Å². The third-order valence-corrected chi connectivity index (χ3v) is 4.02. The average Bonchev–Trinajstić information content (AvgIpc) is 2.88. The van der Waals surface area contributed by atoms with Crippen molar-refractivity contribution in [1.82, 2.24) is 4.57 Å². The van der Waals surface area contributed by atoms with Gasteiger partial charge >= 0.3 is 0 Å². The number of unbranched alkanes of at least 4 members (excludes halogenated alkanes) is 1. The number of aryl methyl sites for hydroxylation is 1. The van der Waals surface area contributed by atoms with Crippen molar-refractivity contribution < 1.29 is 0 Å². The first-order valence-corrected chi connectivity index (χ1v) is 7.01. The summed E-state index contributed by atoms with van der Waals surface area (Å²) in [6.07, 6.45) is 5.89. The number of benzene rings is 1. The van der Waals surface area contributed by atoms with Gasteiger partial charge in [-0.3, -0.25) is 5.41 Å². The molecule has 0 saturated carbocycles. The molecule has 1 aliphatic carbocycles. The maximum absolute atomic E-state index is 8.38. The Morgan fingerprint density at radius 1 is 1.21 bits per heavy atom. The average molecular weight is 368 g/mol. The first kappa shape index (κ1) is 14.6. The number of hydrogen-bond donors (Lipinski definition) is 1. The molecule has 0 saturated heterocycles. The van der Waals surface area contributed by atoms with Gasteiger partial charge in [0.15, 0.2) is 0 Å². The van der Waals surface area contributed by atoms with E-state index < -0.39 is 0 Å². The van der Waals surface area contributed by atoms with Crippen molar-refractivity contribution >= 4 is 34.9 Å². The van der Waals surface area contributed by atoms with Gasteiger partial charge in [-0.15, -0.1) is 24.0 Å². The van der Waals surface area contributed by atoms with Crippen LogP contribution in [0.15, 0.2) is 24.3 Å². The molecule has 0 spiro atoms. The molecule has 0 fully saturated rings. The van der Waals surface area contributed by atoms with Gasteiger partial charge in [-0.05, 0) is 37.3 Å². The summed E-state index contributed by atoms with van der Waals surface area (Å²) in [4.78, 5) is 0. The Morgan fingerprint density at radius 2 is 2.00 bits per heavy atom. The largest absolute Gasteiger partial charge is 0.344 e. The summed E-state index contributed by atoms with van der Waals surface area (Å²) in [7, 11) is 0. The van der Waals surface area contributed by atoms with E-state index in [2.05, 4.69) is 29.7 Å². The number of para-hydroxylation sites is 1. The molecule has 1 aliphatic rings. The molecule has 0 amide bonds. The Hall–Kier alpha value is -0.840. The normalized spacial score (nSPS) is 13.3. The van der Waals surface area contributed by atoms with E-state index in [1.165, 1.54) is 36.0 Å². The minimum absolute atomic E-state index is 0. The van der Waals surface area contributed by atoms with Gasteiger partial charge in [0.2, 0.25) is 0 Å². The summed E-state index contributed by atoms with van der Waals surface area (Å²) >= 11 is 0. The summed E-state index contributed by atoms with van der Waals surface area (Å²) in [6, 6.07) is 8.40. The molecule has 3 heteroatoms. The zero-order chi connectivity index (χ0) is 12.5. The maximum atomic E-state index is 8.38. The van der Waals surface area contributed by atoms with Crippen LogP contribution in [0.25, 0.3) is 10.9 Å². The minimum atomic E-state index is 0. The molecule has 3 rings (SSSR count). The van der Waals surface area contributed by atoms with Crippen molar-refractivity contribution in [2.24, 2.45) is 0 Å². The standard InChI is InChI=1S/C16H20N2.HI/c1-2-3-11-18-14-9-5-4-7-12(14)16(17)13-8-6-10-15(13)18;/h4-5,7,9,17H,2-3,6,8,10-11H2,1H3;1H. The van der Waals surface area contributed by atoms with E-state index in [1.54, 1.807) is 0 Å². The van der Waals surface area contributed by atoms with Gasteiger partial charge in [-0.25, -0.2) is 0 Å².